The van der Waals surface area contributed by atoms with Gasteiger partial charge < -0.3 is 14.6 Å². The van der Waals surface area contributed by atoms with Gasteiger partial charge in [-0.15, -0.1) is 0 Å². The first-order valence-electron chi connectivity index (χ1n) is 7.78. The van der Waals surface area contributed by atoms with Crippen molar-refractivity contribution in [2.75, 3.05) is 26.0 Å². The lowest BCUT2D eigenvalue weighted by Gasteiger charge is -2.16. The fraction of sp³-hybridized carbons (Fsp3) is 0.438. The lowest BCUT2D eigenvalue weighted by molar-refractivity contribution is 0.147. The molecule has 0 spiro atoms. The van der Waals surface area contributed by atoms with Crippen LogP contribution in [0.3, 0.4) is 0 Å². The third-order valence-corrected chi connectivity index (χ3v) is 4.92. The predicted octanol–water partition coefficient (Wildman–Crippen LogP) is 1.70. The first-order valence-corrected chi connectivity index (χ1v) is 9.60. The molecule has 1 aromatic heterocycles. The van der Waals surface area contributed by atoms with Crippen molar-refractivity contribution in [1.29, 1.82) is 0 Å². The Morgan fingerprint density at radius 2 is 1.96 bits per heavy atom. The fourth-order valence-corrected chi connectivity index (χ4v) is 3.70. The van der Waals surface area contributed by atoms with E-state index in [1.54, 1.807) is 0 Å². The van der Waals surface area contributed by atoms with Gasteiger partial charge in [-0.1, -0.05) is 18.2 Å². The maximum Gasteiger partial charge on any atom is 0.407 e. The van der Waals surface area contributed by atoms with Crippen molar-refractivity contribution in [3.8, 4) is 0 Å². The van der Waals surface area contributed by atoms with Crippen molar-refractivity contribution in [3.05, 3.63) is 35.5 Å². The van der Waals surface area contributed by atoms with Gasteiger partial charge in [0.05, 0.1) is 12.9 Å². The number of benzene rings is 1. The summed E-state index contributed by atoms with van der Waals surface area (Å²) in [5, 5.41) is 10.3. The highest BCUT2D eigenvalue weighted by Crippen LogP contribution is 2.29. The Labute approximate surface area is 140 Å². The van der Waals surface area contributed by atoms with E-state index in [4.69, 9.17) is 4.18 Å². The molecule has 1 aliphatic heterocycles. The summed E-state index contributed by atoms with van der Waals surface area (Å²) in [6, 6.07) is 7.93. The molecule has 1 N–H and O–H groups in total. The zero-order valence-corrected chi connectivity index (χ0v) is 14.3. The van der Waals surface area contributed by atoms with Crippen LogP contribution in [0.15, 0.2) is 24.3 Å². The van der Waals surface area contributed by atoms with E-state index >= 15 is 0 Å². The summed E-state index contributed by atoms with van der Waals surface area (Å²) in [6.45, 7) is 1.38. The van der Waals surface area contributed by atoms with Crippen molar-refractivity contribution in [1.82, 2.24) is 9.47 Å². The van der Waals surface area contributed by atoms with Crippen molar-refractivity contribution in [3.63, 3.8) is 0 Å². The summed E-state index contributed by atoms with van der Waals surface area (Å²) in [7, 11) is -3.48. The van der Waals surface area contributed by atoms with E-state index in [2.05, 4.69) is 4.57 Å². The molecule has 0 bridgehead atoms. The van der Waals surface area contributed by atoms with E-state index in [1.165, 1.54) is 4.90 Å². The Morgan fingerprint density at radius 1 is 1.25 bits per heavy atom. The molecule has 0 atom stereocenters. The van der Waals surface area contributed by atoms with Crippen LogP contribution in [0.2, 0.25) is 0 Å². The molecule has 8 heteroatoms. The average molecular weight is 352 g/mol. The summed E-state index contributed by atoms with van der Waals surface area (Å²) in [4.78, 5) is 12.7. The van der Waals surface area contributed by atoms with Gasteiger partial charge in [-0.05, 0) is 18.1 Å². The molecule has 0 saturated carbocycles. The average Bonchev–Trinajstić information content (AvgIpc) is 2.67. The van der Waals surface area contributed by atoms with Crippen molar-refractivity contribution < 1.29 is 22.5 Å². The van der Waals surface area contributed by atoms with Gasteiger partial charge in [0.25, 0.3) is 10.1 Å². The highest BCUT2D eigenvalue weighted by molar-refractivity contribution is 7.85. The Hall–Kier alpha value is -2.06. The summed E-state index contributed by atoms with van der Waals surface area (Å²) < 4.78 is 29.3. The van der Waals surface area contributed by atoms with Crippen LogP contribution >= 0.6 is 0 Å². The topological polar surface area (TPSA) is 88.8 Å². The molecular formula is C16H20N2O5S. The molecular weight excluding hydrogens is 332 g/mol. The number of amides is 1. The number of hydrogen-bond donors (Lipinski definition) is 1. The van der Waals surface area contributed by atoms with Crippen molar-refractivity contribution >= 4 is 27.1 Å². The van der Waals surface area contributed by atoms with Gasteiger partial charge in [0.15, 0.2) is 0 Å². The molecule has 3 rings (SSSR count). The first kappa shape index (κ1) is 16.8. The van der Waals surface area contributed by atoms with E-state index in [9.17, 15) is 18.3 Å². The molecule has 0 fully saturated rings. The van der Waals surface area contributed by atoms with Crippen LogP contribution in [-0.2, 0) is 33.7 Å². The van der Waals surface area contributed by atoms with Gasteiger partial charge >= 0.3 is 6.09 Å². The summed E-state index contributed by atoms with van der Waals surface area (Å²) in [5.74, 6) is 0. The number of para-hydroxylation sites is 1. The zero-order valence-electron chi connectivity index (χ0n) is 13.4. The van der Waals surface area contributed by atoms with Crippen LogP contribution in [0, 0.1) is 0 Å². The minimum atomic E-state index is -3.48. The Kier molecular flexibility index (Phi) is 4.51. The summed E-state index contributed by atoms with van der Waals surface area (Å²) in [6.07, 6.45) is 1.39. The minimum absolute atomic E-state index is 0.0621. The molecule has 1 amide bonds. The zero-order chi connectivity index (χ0) is 17.3. The number of aromatic nitrogens is 1. The van der Waals surface area contributed by atoms with Gasteiger partial charge in [-0.25, -0.2) is 4.79 Å². The molecule has 2 aromatic rings. The maximum absolute atomic E-state index is 11.2. The molecule has 24 heavy (non-hydrogen) atoms. The fourth-order valence-electron chi connectivity index (χ4n) is 3.32. The number of fused-ring (bicyclic) bond motifs is 3. The van der Waals surface area contributed by atoms with Gasteiger partial charge in [-0.3, -0.25) is 4.18 Å². The normalized spacial score (nSPS) is 15.3. The monoisotopic (exact) mass is 352 g/mol. The smallest absolute Gasteiger partial charge is 0.407 e. The first-order chi connectivity index (χ1) is 11.4. The van der Waals surface area contributed by atoms with E-state index in [1.807, 2.05) is 24.3 Å². The molecule has 0 saturated heterocycles. The van der Waals surface area contributed by atoms with E-state index in [0.29, 0.717) is 32.5 Å². The molecule has 0 unspecified atom stereocenters. The highest BCUT2D eigenvalue weighted by Gasteiger charge is 2.23. The maximum atomic E-state index is 11.2. The third kappa shape index (κ3) is 3.39. The molecule has 0 aliphatic carbocycles. The van der Waals surface area contributed by atoms with Crippen LogP contribution in [0.1, 0.15) is 11.3 Å². The molecule has 7 nitrogen and oxygen atoms in total. The van der Waals surface area contributed by atoms with Crippen LogP contribution in [0.25, 0.3) is 10.9 Å². The van der Waals surface area contributed by atoms with E-state index in [-0.39, 0.29) is 6.61 Å². The molecule has 1 aliphatic rings. The number of rotatable bonds is 4. The number of carbonyl (C=O) groups is 1. The molecule has 0 radical (unpaired) electrons. The van der Waals surface area contributed by atoms with Crippen LogP contribution in [-0.4, -0.2) is 55.0 Å². The van der Waals surface area contributed by atoms with Crippen molar-refractivity contribution in [2.24, 2.45) is 0 Å². The van der Waals surface area contributed by atoms with Crippen LogP contribution in [0.5, 0.6) is 0 Å². The largest absolute Gasteiger partial charge is 0.465 e. The van der Waals surface area contributed by atoms with E-state index in [0.717, 1.165) is 28.4 Å². The van der Waals surface area contributed by atoms with Gasteiger partial charge in [-0.2, -0.15) is 8.42 Å². The second-order valence-electron chi connectivity index (χ2n) is 5.89. The molecule has 2 heterocycles. The lowest BCUT2D eigenvalue weighted by atomic mass is 10.1. The van der Waals surface area contributed by atoms with Crippen LogP contribution in [0.4, 0.5) is 4.79 Å². The predicted molar refractivity (Wildman–Crippen MR) is 89.7 cm³/mol. The SMILES string of the molecule is CS(=O)(=O)OCCn1c2c(c3ccccc31)CCN(C(=O)O)CC2. The second-order valence-corrected chi connectivity index (χ2v) is 7.53. The van der Waals surface area contributed by atoms with Crippen LogP contribution < -0.4 is 0 Å². The second kappa shape index (κ2) is 6.45. The molecule has 1 aromatic carbocycles. The highest BCUT2D eigenvalue weighted by atomic mass is 32.2. The number of hydrogen-bond acceptors (Lipinski definition) is 4. The lowest BCUT2D eigenvalue weighted by Crippen LogP contribution is -2.31. The van der Waals surface area contributed by atoms with Gasteiger partial charge in [0.2, 0.25) is 0 Å². The molecule has 130 valence electrons. The van der Waals surface area contributed by atoms with Gasteiger partial charge in [0, 0.05) is 42.7 Å². The summed E-state index contributed by atoms with van der Waals surface area (Å²) >= 11 is 0. The standard InChI is InChI=1S/C16H20N2O5S/c1-24(21,22)23-11-10-18-14-5-3-2-4-12(14)13-6-8-17(16(19)20)9-7-15(13)18/h2-5H,6-11H2,1H3,(H,19,20). The van der Waals surface area contributed by atoms with Gasteiger partial charge in [0.1, 0.15) is 0 Å². The minimum Gasteiger partial charge on any atom is -0.465 e. The van der Waals surface area contributed by atoms with E-state index < -0.39 is 16.2 Å². The number of nitrogens with zero attached hydrogens (tertiary/aromatic N) is 2. The summed E-state index contributed by atoms with van der Waals surface area (Å²) in [5.41, 5.74) is 3.24. The Bertz CT molecular complexity index is 872. The Morgan fingerprint density at radius 3 is 2.67 bits per heavy atom. The Balaban J connectivity index is 1.95. The third-order valence-electron chi connectivity index (χ3n) is 4.33. The number of carboxylic acid groups (broad SMARTS) is 1. The quantitative estimate of drug-likeness (QED) is 0.846. The van der Waals surface area contributed by atoms with Crippen molar-refractivity contribution in [2.45, 2.75) is 19.4 Å².